The molecule has 0 aliphatic heterocycles. The van der Waals surface area contributed by atoms with E-state index in [2.05, 4.69) is 15.1 Å². The topological polar surface area (TPSA) is 127 Å². The van der Waals surface area contributed by atoms with Gasteiger partial charge in [-0.25, -0.2) is 22.5 Å². The summed E-state index contributed by atoms with van der Waals surface area (Å²) in [5, 5.41) is 14.1. The molecule has 32 heavy (non-hydrogen) atoms. The Hall–Kier alpha value is -3.99. The van der Waals surface area contributed by atoms with E-state index in [9.17, 15) is 18.3 Å². The molecular formula is C21H19N5O5S. The quantitative estimate of drug-likeness (QED) is 0.452. The van der Waals surface area contributed by atoms with Crippen molar-refractivity contribution < 1.29 is 23.1 Å². The number of rotatable bonds is 7. The molecule has 3 aromatic heterocycles. The van der Waals surface area contributed by atoms with Gasteiger partial charge in [-0.1, -0.05) is 6.07 Å². The molecule has 4 aromatic rings. The summed E-state index contributed by atoms with van der Waals surface area (Å²) in [6, 6.07) is 10.9. The molecule has 0 amide bonds. The Kier molecular flexibility index (Phi) is 5.49. The lowest BCUT2D eigenvalue weighted by Gasteiger charge is -2.26. The third-order valence-electron chi connectivity index (χ3n) is 4.74. The number of carboxylic acid groups (broad SMARTS) is 1. The molecule has 0 spiro atoms. The van der Waals surface area contributed by atoms with Gasteiger partial charge < -0.3 is 9.84 Å². The minimum Gasteiger partial charge on any atom is -0.497 e. The predicted molar refractivity (Wildman–Crippen MR) is 115 cm³/mol. The van der Waals surface area contributed by atoms with Gasteiger partial charge in [0.15, 0.2) is 11.5 Å². The Bertz CT molecular complexity index is 1390. The Morgan fingerprint density at radius 2 is 1.94 bits per heavy atom. The number of nitrogens with zero attached hydrogens (tertiary/aromatic N) is 5. The number of ether oxygens (including phenoxy) is 1. The highest BCUT2D eigenvalue weighted by atomic mass is 32.2. The van der Waals surface area contributed by atoms with E-state index in [1.54, 1.807) is 31.3 Å². The smallest absolute Gasteiger partial charge is 0.341 e. The fraction of sp³-hybridized carbons (Fsp3) is 0.143. The zero-order chi connectivity index (χ0) is 22.9. The number of carbonyl (C=O) groups is 1. The second kappa shape index (κ2) is 8.27. The van der Waals surface area contributed by atoms with Crippen LogP contribution in [0, 0.1) is 6.92 Å². The molecular weight excluding hydrogens is 434 g/mol. The van der Waals surface area contributed by atoms with Crippen molar-refractivity contribution in [2.45, 2.75) is 18.4 Å². The molecule has 0 saturated heterocycles. The van der Waals surface area contributed by atoms with Gasteiger partial charge in [0.1, 0.15) is 11.3 Å². The lowest BCUT2D eigenvalue weighted by Crippen LogP contribution is -2.34. The molecule has 3 heterocycles. The van der Waals surface area contributed by atoms with Crippen molar-refractivity contribution in [3.8, 4) is 5.75 Å². The number of benzene rings is 1. The number of methoxy groups -OCH3 is 1. The molecule has 1 aromatic carbocycles. The van der Waals surface area contributed by atoms with Crippen LogP contribution >= 0.6 is 0 Å². The van der Waals surface area contributed by atoms with Crippen molar-refractivity contribution in [1.82, 2.24) is 19.6 Å². The first-order valence-corrected chi connectivity index (χ1v) is 10.9. The van der Waals surface area contributed by atoms with Gasteiger partial charge in [0.25, 0.3) is 10.0 Å². The summed E-state index contributed by atoms with van der Waals surface area (Å²) >= 11 is 0. The van der Waals surface area contributed by atoms with Gasteiger partial charge in [-0.2, -0.15) is 9.61 Å². The Morgan fingerprint density at radius 1 is 1.19 bits per heavy atom. The number of carboxylic acids is 1. The van der Waals surface area contributed by atoms with Gasteiger partial charge in [0, 0.05) is 24.7 Å². The standard InChI is InChI=1S/C21H19N5O5S/c1-14-10-19-23-12-18(21(27)28)20(26(19)24-14)25(13-15-4-3-9-22-11-15)32(29,30)17-7-5-16(31-2)6-8-17/h3-12H,13H2,1-2H3,(H,27,28). The van der Waals surface area contributed by atoms with Crippen LogP contribution in [-0.2, 0) is 16.6 Å². The minimum atomic E-state index is -4.22. The number of pyridine rings is 1. The van der Waals surface area contributed by atoms with Gasteiger partial charge in [-0.3, -0.25) is 4.98 Å². The number of aryl methyl sites for hydroxylation is 1. The Morgan fingerprint density at radius 3 is 2.56 bits per heavy atom. The average Bonchev–Trinajstić information content (AvgIpc) is 3.17. The largest absolute Gasteiger partial charge is 0.497 e. The van der Waals surface area contributed by atoms with Crippen LogP contribution in [0.1, 0.15) is 21.6 Å². The summed E-state index contributed by atoms with van der Waals surface area (Å²) < 4.78 is 34.9. The monoisotopic (exact) mass is 453 g/mol. The van der Waals surface area contributed by atoms with Gasteiger partial charge >= 0.3 is 5.97 Å². The number of hydrogen-bond donors (Lipinski definition) is 1. The summed E-state index contributed by atoms with van der Waals surface area (Å²) in [4.78, 5) is 20.2. The van der Waals surface area contributed by atoms with Crippen LogP contribution in [0.15, 0.2) is 66.0 Å². The maximum atomic E-state index is 13.8. The second-order valence-corrected chi connectivity index (χ2v) is 8.77. The lowest BCUT2D eigenvalue weighted by atomic mass is 10.2. The van der Waals surface area contributed by atoms with Crippen LogP contribution in [-0.4, -0.2) is 46.2 Å². The molecule has 0 fully saturated rings. The van der Waals surface area contributed by atoms with Crippen LogP contribution in [0.2, 0.25) is 0 Å². The SMILES string of the molecule is COc1ccc(S(=O)(=O)N(Cc2cccnc2)c2c(C(=O)O)cnc3cc(C)nn23)cc1. The molecule has 0 unspecified atom stereocenters. The normalized spacial score (nSPS) is 11.4. The van der Waals surface area contributed by atoms with Crippen LogP contribution in [0.3, 0.4) is 0 Å². The first-order chi connectivity index (χ1) is 15.3. The number of sulfonamides is 1. The number of hydrogen-bond acceptors (Lipinski definition) is 7. The summed E-state index contributed by atoms with van der Waals surface area (Å²) in [5.41, 5.74) is 1.14. The number of fused-ring (bicyclic) bond motifs is 1. The van der Waals surface area contributed by atoms with Crippen molar-refractivity contribution in [3.05, 3.63) is 77.9 Å². The van der Waals surface area contributed by atoms with E-state index in [-0.39, 0.29) is 22.8 Å². The van der Waals surface area contributed by atoms with Crippen molar-refractivity contribution in [3.63, 3.8) is 0 Å². The lowest BCUT2D eigenvalue weighted by molar-refractivity contribution is 0.0696. The average molecular weight is 453 g/mol. The van der Waals surface area contributed by atoms with E-state index < -0.39 is 16.0 Å². The zero-order valence-electron chi connectivity index (χ0n) is 17.2. The van der Waals surface area contributed by atoms with Gasteiger partial charge in [0.05, 0.1) is 24.2 Å². The van der Waals surface area contributed by atoms with Gasteiger partial charge in [0.2, 0.25) is 0 Å². The molecule has 0 radical (unpaired) electrons. The van der Waals surface area contributed by atoms with E-state index in [0.717, 1.165) is 10.5 Å². The van der Waals surface area contributed by atoms with Crippen molar-refractivity contribution in [1.29, 1.82) is 0 Å². The first kappa shape index (κ1) is 21.2. The summed E-state index contributed by atoms with van der Waals surface area (Å²) in [7, 11) is -2.74. The third-order valence-corrected chi connectivity index (χ3v) is 6.49. The molecule has 1 N–H and O–H groups in total. The minimum absolute atomic E-state index is 0.0348. The highest BCUT2D eigenvalue weighted by Crippen LogP contribution is 2.30. The molecule has 164 valence electrons. The molecule has 4 rings (SSSR count). The second-order valence-electron chi connectivity index (χ2n) is 6.90. The van der Waals surface area contributed by atoms with Gasteiger partial charge in [-0.05, 0) is 42.8 Å². The van der Waals surface area contributed by atoms with E-state index in [0.29, 0.717) is 22.7 Å². The van der Waals surface area contributed by atoms with Crippen molar-refractivity contribution in [2.24, 2.45) is 0 Å². The molecule has 0 bridgehead atoms. The molecule has 0 saturated carbocycles. The summed E-state index contributed by atoms with van der Waals surface area (Å²) in [6.07, 6.45) is 4.22. The van der Waals surface area contributed by atoms with Crippen LogP contribution < -0.4 is 9.04 Å². The zero-order valence-corrected chi connectivity index (χ0v) is 18.0. The van der Waals surface area contributed by atoms with Crippen LogP contribution in [0.25, 0.3) is 5.65 Å². The predicted octanol–water partition coefficient (Wildman–Crippen LogP) is 2.54. The maximum absolute atomic E-state index is 13.8. The molecule has 11 heteroatoms. The number of anilines is 1. The number of aromatic nitrogens is 4. The van der Waals surface area contributed by atoms with Crippen molar-refractivity contribution >= 4 is 27.5 Å². The Labute approximate surface area is 183 Å². The van der Waals surface area contributed by atoms with E-state index >= 15 is 0 Å². The van der Waals surface area contributed by atoms with E-state index in [1.165, 1.54) is 42.1 Å². The third kappa shape index (κ3) is 3.85. The van der Waals surface area contributed by atoms with Crippen LogP contribution in [0.4, 0.5) is 5.82 Å². The van der Waals surface area contributed by atoms with E-state index in [4.69, 9.17) is 4.74 Å². The molecule has 0 aliphatic rings. The highest BCUT2D eigenvalue weighted by Gasteiger charge is 2.32. The summed E-state index contributed by atoms with van der Waals surface area (Å²) in [6.45, 7) is 1.54. The van der Waals surface area contributed by atoms with E-state index in [1.807, 2.05) is 0 Å². The van der Waals surface area contributed by atoms with Crippen LogP contribution in [0.5, 0.6) is 5.75 Å². The number of aromatic carboxylic acids is 1. The first-order valence-electron chi connectivity index (χ1n) is 9.45. The molecule has 10 nitrogen and oxygen atoms in total. The molecule has 0 aliphatic carbocycles. The Balaban J connectivity index is 1.98. The summed E-state index contributed by atoms with van der Waals surface area (Å²) in [5.74, 6) is -0.970. The fourth-order valence-corrected chi connectivity index (χ4v) is 4.69. The highest BCUT2D eigenvalue weighted by molar-refractivity contribution is 7.92. The molecule has 0 atom stereocenters. The van der Waals surface area contributed by atoms with Crippen molar-refractivity contribution in [2.75, 3.05) is 11.4 Å². The maximum Gasteiger partial charge on any atom is 0.341 e. The van der Waals surface area contributed by atoms with Gasteiger partial charge in [-0.15, -0.1) is 0 Å². The fourth-order valence-electron chi connectivity index (χ4n) is 3.23.